The van der Waals surface area contributed by atoms with Crippen LogP contribution in [0, 0.1) is 0 Å². The summed E-state index contributed by atoms with van der Waals surface area (Å²) < 4.78 is 8.85. The molecule has 1 saturated carbocycles. The summed E-state index contributed by atoms with van der Waals surface area (Å²) >= 11 is 0. The lowest BCUT2D eigenvalue weighted by atomic mass is 9.93. The van der Waals surface area contributed by atoms with Gasteiger partial charge in [0.05, 0.1) is 18.8 Å². The number of ether oxygens (including phenoxy) is 1. The second kappa shape index (κ2) is 8.62. The monoisotopic (exact) mass is 437 g/mol. The lowest BCUT2D eigenvalue weighted by Crippen LogP contribution is -2.39. The van der Waals surface area contributed by atoms with Crippen LogP contribution in [-0.2, 0) is 4.74 Å². The minimum absolute atomic E-state index is 0.0259. The van der Waals surface area contributed by atoms with Gasteiger partial charge >= 0.3 is 0 Å². The Morgan fingerprint density at radius 2 is 2.12 bits per heavy atom. The summed E-state index contributed by atoms with van der Waals surface area (Å²) in [6.07, 6.45) is 8.30. The summed E-state index contributed by atoms with van der Waals surface area (Å²) in [5.74, 6) is 0.919. The molecule has 1 aliphatic heterocycles. The van der Waals surface area contributed by atoms with Crippen LogP contribution in [0.15, 0.2) is 35.4 Å². The van der Waals surface area contributed by atoms with Gasteiger partial charge in [-0.05, 0) is 44.2 Å². The molecule has 0 spiro atoms. The molecule has 0 bridgehead atoms. The van der Waals surface area contributed by atoms with Crippen molar-refractivity contribution >= 4 is 28.9 Å². The molecular formula is C22H27N7O3. The molecular weight excluding hydrogens is 410 g/mol. The van der Waals surface area contributed by atoms with Crippen molar-refractivity contribution in [1.29, 1.82) is 0 Å². The Bertz CT molecular complexity index is 1190. The van der Waals surface area contributed by atoms with Crippen molar-refractivity contribution < 1.29 is 9.53 Å². The predicted octanol–water partition coefficient (Wildman–Crippen LogP) is 2.31. The second-order valence-electron chi connectivity index (χ2n) is 8.30. The fourth-order valence-electron chi connectivity index (χ4n) is 4.15. The maximum atomic E-state index is 13.1. The Hall–Kier alpha value is -3.40. The number of aromatic nitrogens is 4. The van der Waals surface area contributed by atoms with Gasteiger partial charge in [0, 0.05) is 32.0 Å². The molecule has 2 aliphatic rings. The topological polar surface area (TPSA) is 115 Å². The average molecular weight is 438 g/mol. The van der Waals surface area contributed by atoms with Gasteiger partial charge in [0.1, 0.15) is 22.9 Å². The van der Waals surface area contributed by atoms with Crippen LogP contribution in [0.25, 0.3) is 5.65 Å². The number of hydrogen-bond acceptors (Lipinski definition) is 7. The van der Waals surface area contributed by atoms with E-state index in [4.69, 9.17) is 4.74 Å². The molecule has 3 aromatic rings. The van der Waals surface area contributed by atoms with Crippen LogP contribution >= 0.6 is 0 Å². The SMILES string of the molecule is CNc1cc(Nc2cccn([C@@H]3CCCOC3)c2=O)nc2c(C(=O)NC3CCC3)cnn12. The number of nitrogens with one attached hydrogen (secondary N) is 3. The quantitative estimate of drug-likeness (QED) is 0.542. The maximum absolute atomic E-state index is 13.1. The summed E-state index contributed by atoms with van der Waals surface area (Å²) in [6.45, 7) is 1.27. The highest BCUT2D eigenvalue weighted by molar-refractivity contribution is 6.00. The molecule has 0 aromatic carbocycles. The van der Waals surface area contributed by atoms with Gasteiger partial charge in [0.25, 0.3) is 11.5 Å². The molecule has 10 heteroatoms. The number of rotatable bonds is 6. The lowest BCUT2D eigenvalue weighted by Gasteiger charge is -2.26. The van der Waals surface area contributed by atoms with Gasteiger partial charge in [-0.1, -0.05) is 0 Å². The van der Waals surface area contributed by atoms with Crippen molar-refractivity contribution in [1.82, 2.24) is 24.5 Å². The second-order valence-corrected chi connectivity index (χ2v) is 8.30. The zero-order chi connectivity index (χ0) is 22.1. The molecule has 1 aliphatic carbocycles. The normalized spacial score (nSPS) is 18.8. The number of carbonyl (C=O) groups is 1. The van der Waals surface area contributed by atoms with E-state index < -0.39 is 0 Å². The Morgan fingerprint density at radius 1 is 1.25 bits per heavy atom. The predicted molar refractivity (Wildman–Crippen MR) is 121 cm³/mol. The van der Waals surface area contributed by atoms with E-state index >= 15 is 0 Å². The van der Waals surface area contributed by atoms with Gasteiger partial charge in [-0.3, -0.25) is 9.59 Å². The highest BCUT2D eigenvalue weighted by atomic mass is 16.5. The van der Waals surface area contributed by atoms with Crippen molar-refractivity contribution in [2.75, 3.05) is 30.9 Å². The zero-order valence-electron chi connectivity index (χ0n) is 18.0. The number of pyridine rings is 1. The zero-order valence-corrected chi connectivity index (χ0v) is 18.0. The Labute approximate surface area is 185 Å². The van der Waals surface area contributed by atoms with E-state index in [9.17, 15) is 9.59 Å². The van der Waals surface area contributed by atoms with Crippen LogP contribution in [0.2, 0.25) is 0 Å². The van der Waals surface area contributed by atoms with Crippen LogP contribution in [-0.4, -0.2) is 51.4 Å². The summed E-state index contributed by atoms with van der Waals surface area (Å²) in [6, 6.07) is 5.57. The van der Waals surface area contributed by atoms with Crippen LogP contribution < -0.4 is 21.5 Å². The summed E-state index contributed by atoms with van der Waals surface area (Å²) in [5, 5.41) is 13.6. The highest BCUT2D eigenvalue weighted by Crippen LogP contribution is 2.23. The number of fused-ring (bicyclic) bond motifs is 1. The molecule has 1 saturated heterocycles. The minimum atomic E-state index is -0.184. The van der Waals surface area contributed by atoms with Gasteiger partial charge in [-0.15, -0.1) is 0 Å². The molecule has 5 rings (SSSR count). The Balaban J connectivity index is 1.47. The molecule has 3 N–H and O–H groups in total. The molecule has 0 unspecified atom stereocenters. The minimum Gasteiger partial charge on any atom is -0.379 e. The summed E-state index contributed by atoms with van der Waals surface area (Å²) in [4.78, 5) is 30.5. The Morgan fingerprint density at radius 3 is 2.84 bits per heavy atom. The van der Waals surface area contributed by atoms with Crippen LogP contribution in [0.1, 0.15) is 48.5 Å². The largest absolute Gasteiger partial charge is 0.379 e. The number of anilines is 3. The lowest BCUT2D eigenvalue weighted by molar-refractivity contribution is 0.0581. The van der Waals surface area contributed by atoms with Crippen LogP contribution in [0.5, 0.6) is 0 Å². The average Bonchev–Trinajstić information content (AvgIpc) is 3.22. The van der Waals surface area contributed by atoms with Gasteiger partial charge in [0.15, 0.2) is 5.65 Å². The highest BCUT2D eigenvalue weighted by Gasteiger charge is 2.24. The number of hydrogen-bond donors (Lipinski definition) is 3. The summed E-state index contributed by atoms with van der Waals surface area (Å²) in [5.41, 5.74) is 1.11. The van der Waals surface area contributed by atoms with E-state index in [2.05, 4.69) is 26.0 Å². The fourth-order valence-corrected chi connectivity index (χ4v) is 4.15. The summed E-state index contributed by atoms with van der Waals surface area (Å²) in [7, 11) is 1.77. The fraction of sp³-hybridized carbons (Fsp3) is 0.455. The first-order chi connectivity index (χ1) is 15.6. The first kappa shape index (κ1) is 20.5. The molecule has 1 amide bonds. The van der Waals surface area contributed by atoms with Gasteiger partial charge in [-0.25, -0.2) is 4.98 Å². The van der Waals surface area contributed by atoms with E-state index in [0.29, 0.717) is 35.1 Å². The first-order valence-corrected chi connectivity index (χ1v) is 11.1. The van der Waals surface area contributed by atoms with E-state index in [1.165, 1.54) is 6.20 Å². The van der Waals surface area contributed by atoms with Crippen LogP contribution in [0.3, 0.4) is 0 Å². The molecule has 3 aromatic heterocycles. The van der Waals surface area contributed by atoms with Crippen molar-refractivity contribution in [3.05, 3.63) is 46.5 Å². The van der Waals surface area contributed by atoms with E-state index in [1.54, 1.807) is 34.5 Å². The maximum Gasteiger partial charge on any atom is 0.274 e. The van der Waals surface area contributed by atoms with Crippen molar-refractivity contribution in [2.24, 2.45) is 0 Å². The standard InChI is InChI=1S/C22H27N7O3/c1-23-19-11-18(26-17-8-3-9-28(22(17)31)15-7-4-10-32-13-15)27-20-16(12-24-29(19)20)21(30)25-14-5-2-6-14/h3,8-9,11-12,14-15,23H,2,4-7,10,13H2,1H3,(H,25,30)(H,26,27)/t15-/m1/s1. The van der Waals surface area contributed by atoms with Gasteiger partial charge < -0.3 is 25.3 Å². The third-order valence-electron chi connectivity index (χ3n) is 6.18. The molecule has 168 valence electrons. The number of nitrogens with zero attached hydrogens (tertiary/aromatic N) is 4. The van der Waals surface area contributed by atoms with Crippen molar-refractivity contribution in [3.8, 4) is 0 Å². The van der Waals surface area contributed by atoms with Gasteiger partial charge in [-0.2, -0.15) is 9.61 Å². The third kappa shape index (κ3) is 3.81. The van der Waals surface area contributed by atoms with Crippen molar-refractivity contribution in [2.45, 2.75) is 44.2 Å². The smallest absolute Gasteiger partial charge is 0.274 e. The van der Waals surface area contributed by atoms with E-state index in [-0.39, 0.29) is 23.6 Å². The molecule has 10 nitrogen and oxygen atoms in total. The molecule has 32 heavy (non-hydrogen) atoms. The number of carbonyl (C=O) groups excluding carboxylic acids is 1. The number of amides is 1. The first-order valence-electron chi connectivity index (χ1n) is 11.1. The molecule has 2 fully saturated rings. The third-order valence-corrected chi connectivity index (χ3v) is 6.18. The van der Waals surface area contributed by atoms with Crippen molar-refractivity contribution in [3.63, 3.8) is 0 Å². The van der Waals surface area contributed by atoms with Crippen LogP contribution in [0.4, 0.5) is 17.3 Å². The molecule has 1 atom stereocenters. The Kier molecular flexibility index (Phi) is 5.52. The molecule has 0 radical (unpaired) electrons. The van der Waals surface area contributed by atoms with E-state index in [1.807, 2.05) is 6.07 Å². The molecule has 4 heterocycles. The van der Waals surface area contributed by atoms with Gasteiger partial charge in [0.2, 0.25) is 0 Å². The van der Waals surface area contributed by atoms with E-state index in [0.717, 1.165) is 38.7 Å².